The van der Waals surface area contributed by atoms with Crippen molar-refractivity contribution in [2.24, 2.45) is 5.73 Å². The van der Waals surface area contributed by atoms with E-state index in [9.17, 15) is 13.2 Å². The molecule has 0 aromatic heterocycles. The highest BCUT2D eigenvalue weighted by atomic mass is 32.2. The molecular weight excluding hydrogens is 224 g/mol. The Morgan fingerprint density at radius 2 is 1.80 bits per heavy atom. The number of aliphatic carboxylic acids is 1. The van der Waals surface area contributed by atoms with E-state index in [0.717, 1.165) is 6.08 Å². The van der Waals surface area contributed by atoms with Gasteiger partial charge in [-0.15, -0.1) is 0 Å². The van der Waals surface area contributed by atoms with Crippen LogP contribution in [0.5, 0.6) is 0 Å². The lowest BCUT2D eigenvalue weighted by Crippen LogP contribution is -2.39. The van der Waals surface area contributed by atoms with Crippen LogP contribution in [0.4, 0.5) is 0 Å². The second kappa shape index (κ2) is 7.35. The molecule has 0 aliphatic carbocycles. The van der Waals surface area contributed by atoms with Crippen molar-refractivity contribution in [1.29, 1.82) is 0 Å². The topological polar surface area (TPSA) is 153 Å². The van der Waals surface area contributed by atoms with E-state index >= 15 is 0 Å². The monoisotopic (exact) mass is 242 g/mol. The van der Waals surface area contributed by atoms with Gasteiger partial charge in [0, 0.05) is 11.6 Å². The van der Waals surface area contributed by atoms with Gasteiger partial charge in [-0.1, -0.05) is 6.58 Å². The maximum Gasteiger partial charge on any atom is 0.327 e. The van der Waals surface area contributed by atoms with Gasteiger partial charge in [0.2, 0.25) is 0 Å². The Balaban J connectivity index is -0.000000208. The second-order valence-electron chi connectivity index (χ2n) is 3.26. The number of hydrogen-bond donors (Lipinski definition) is 4. The van der Waals surface area contributed by atoms with Crippen LogP contribution >= 0.6 is 0 Å². The quantitative estimate of drug-likeness (QED) is 0.402. The SMILES string of the molecule is C=CC(=O)O.CC(C)(N)CS(=O)(=O)O.N. The van der Waals surface area contributed by atoms with Crippen LogP contribution in [0, 0.1) is 0 Å². The first-order valence-electron chi connectivity index (χ1n) is 3.57. The maximum absolute atomic E-state index is 10.1. The Morgan fingerprint density at radius 1 is 1.53 bits per heavy atom. The number of carbonyl (C=O) groups is 1. The summed E-state index contributed by atoms with van der Waals surface area (Å²) in [6.07, 6.45) is 0.833. The van der Waals surface area contributed by atoms with E-state index in [0.29, 0.717) is 0 Å². The van der Waals surface area contributed by atoms with Gasteiger partial charge >= 0.3 is 5.97 Å². The van der Waals surface area contributed by atoms with E-state index < -0.39 is 27.4 Å². The average Bonchev–Trinajstić information content (AvgIpc) is 1.80. The van der Waals surface area contributed by atoms with Crippen molar-refractivity contribution in [3.63, 3.8) is 0 Å². The van der Waals surface area contributed by atoms with E-state index in [4.69, 9.17) is 15.4 Å². The number of carboxylic acids is 1. The highest BCUT2D eigenvalue weighted by molar-refractivity contribution is 7.85. The van der Waals surface area contributed by atoms with Crippen molar-refractivity contribution in [3.8, 4) is 0 Å². The van der Waals surface area contributed by atoms with Crippen molar-refractivity contribution in [2.75, 3.05) is 5.75 Å². The van der Waals surface area contributed by atoms with Gasteiger partial charge in [0.25, 0.3) is 10.1 Å². The van der Waals surface area contributed by atoms with Gasteiger partial charge in [-0.2, -0.15) is 8.42 Å². The minimum Gasteiger partial charge on any atom is -0.478 e. The third kappa shape index (κ3) is 32.1. The standard InChI is InChI=1S/C4H11NO3S.C3H4O2.H3N/c1-4(2,5)3-9(6,7)8;1-2-3(4)5;/h3,5H2,1-2H3,(H,6,7,8);2H,1H2,(H,4,5);1H3. The predicted octanol–water partition coefficient (Wildman–Crippen LogP) is 0.0305. The molecule has 0 spiro atoms. The molecule has 15 heavy (non-hydrogen) atoms. The van der Waals surface area contributed by atoms with E-state index in [1.807, 2.05) is 0 Å². The Labute approximate surface area is 89.3 Å². The summed E-state index contributed by atoms with van der Waals surface area (Å²) in [6, 6.07) is 0. The zero-order valence-corrected chi connectivity index (χ0v) is 9.62. The predicted molar refractivity (Wildman–Crippen MR) is 57.5 cm³/mol. The molecule has 0 atom stereocenters. The molecule has 0 saturated heterocycles. The third-order valence-electron chi connectivity index (χ3n) is 0.729. The molecule has 0 amide bonds. The summed E-state index contributed by atoms with van der Waals surface area (Å²) in [5.41, 5.74) is 4.43. The molecule has 0 saturated carbocycles. The van der Waals surface area contributed by atoms with Gasteiger partial charge in [-0.25, -0.2) is 4.79 Å². The summed E-state index contributed by atoms with van der Waals surface area (Å²) in [5.74, 6) is -1.38. The van der Waals surface area contributed by atoms with Crippen LogP contribution in [0.1, 0.15) is 13.8 Å². The summed E-state index contributed by atoms with van der Waals surface area (Å²) >= 11 is 0. The molecule has 0 rings (SSSR count). The summed E-state index contributed by atoms with van der Waals surface area (Å²) in [4.78, 5) is 9.25. The molecule has 0 aliphatic rings. The van der Waals surface area contributed by atoms with E-state index in [2.05, 4.69) is 6.58 Å². The number of carboxylic acid groups (broad SMARTS) is 1. The van der Waals surface area contributed by atoms with Crippen molar-refractivity contribution < 1.29 is 22.9 Å². The molecule has 0 aliphatic heterocycles. The molecule has 8 heteroatoms. The van der Waals surface area contributed by atoms with Crippen molar-refractivity contribution >= 4 is 16.1 Å². The van der Waals surface area contributed by atoms with Gasteiger partial charge in [0.15, 0.2) is 0 Å². The summed E-state index contributed by atoms with van der Waals surface area (Å²) in [6.45, 7) is 6.02. The largest absolute Gasteiger partial charge is 0.478 e. The normalized spacial score (nSPS) is 10.4. The lowest BCUT2D eigenvalue weighted by atomic mass is 10.1. The lowest BCUT2D eigenvalue weighted by molar-refractivity contribution is -0.131. The molecule has 0 fully saturated rings. The molecule has 0 aromatic rings. The molecule has 7 N–H and O–H groups in total. The van der Waals surface area contributed by atoms with Crippen LogP contribution in [-0.4, -0.2) is 35.3 Å². The molecule has 7 nitrogen and oxygen atoms in total. The zero-order valence-electron chi connectivity index (χ0n) is 8.80. The van der Waals surface area contributed by atoms with Crippen LogP contribution in [0.3, 0.4) is 0 Å². The minimum absolute atomic E-state index is 0. The van der Waals surface area contributed by atoms with E-state index in [-0.39, 0.29) is 6.15 Å². The van der Waals surface area contributed by atoms with Gasteiger partial charge in [0.05, 0.1) is 5.75 Å². The number of hydrogen-bond acceptors (Lipinski definition) is 5. The molecule has 92 valence electrons. The summed E-state index contributed by atoms with van der Waals surface area (Å²) in [7, 11) is -3.91. The van der Waals surface area contributed by atoms with Crippen molar-refractivity contribution in [3.05, 3.63) is 12.7 Å². The van der Waals surface area contributed by atoms with Gasteiger partial charge in [0.1, 0.15) is 0 Å². The lowest BCUT2D eigenvalue weighted by Gasteiger charge is -2.14. The van der Waals surface area contributed by atoms with Gasteiger partial charge in [-0.05, 0) is 13.8 Å². The third-order valence-corrected chi connectivity index (χ3v) is 1.84. The molecule has 0 unspecified atom stereocenters. The highest BCUT2D eigenvalue weighted by Gasteiger charge is 2.18. The van der Waals surface area contributed by atoms with Crippen molar-refractivity contribution in [2.45, 2.75) is 19.4 Å². The zero-order chi connectivity index (χ0) is 12.0. The summed E-state index contributed by atoms with van der Waals surface area (Å²) in [5, 5.41) is 7.60. The molecule has 0 aromatic carbocycles. The first kappa shape index (κ1) is 19.6. The van der Waals surface area contributed by atoms with Gasteiger partial charge in [-0.3, -0.25) is 4.55 Å². The Kier molecular flexibility index (Phi) is 9.59. The van der Waals surface area contributed by atoms with Crippen LogP contribution in [0.25, 0.3) is 0 Å². The number of nitrogens with two attached hydrogens (primary N) is 1. The minimum atomic E-state index is -3.91. The van der Waals surface area contributed by atoms with Crippen molar-refractivity contribution in [1.82, 2.24) is 6.15 Å². The van der Waals surface area contributed by atoms with Crippen LogP contribution < -0.4 is 11.9 Å². The molecular formula is C7H18N2O5S. The smallest absolute Gasteiger partial charge is 0.327 e. The first-order chi connectivity index (χ1) is 5.98. The fourth-order valence-electron chi connectivity index (χ4n) is 0.470. The Bertz CT molecular complexity index is 291. The maximum atomic E-state index is 10.1. The fourth-order valence-corrected chi connectivity index (χ4v) is 1.41. The Hall–Kier alpha value is -0.960. The molecule has 0 bridgehead atoms. The van der Waals surface area contributed by atoms with Crippen LogP contribution in [0.15, 0.2) is 12.7 Å². The first-order valence-corrected chi connectivity index (χ1v) is 5.18. The fraction of sp³-hybridized carbons (Fsp3) is 0.571. The van der Waals surface area contributed by atoms with Crippen LogP contribution in [-0.2, 0) is 14.9 Å². The second-order valence-corrected chi connectivity index (χ2v) is 4.71. The average molecular weight is 242 g/mol. The highest BCUT2D eigenvalue weighted by Crippen LogP contribution is 1.99. The molecule has 0 heterocycles. The van der Waals surface area contributed by atoms with E-state index in [1.54, 1.807) is 0 Å². The van der Waals surface area contributed by atoms with E-state index in [1.165, 1.54) is 13.8 Å². The van der Waals surface area contributed by atoms with Crippen LogP contribution in [0.2, 0.25) is 0 Å². The number of rotatable bonds is 3. The summed E-state index contributed by atoms with van der Waals surface area (Å²) < 4.78 is 28.5. The molecule has 0 radical (unpaired) electrons. The van der Waals surface area contributed by atoms with Gasteiger partial charge < -0.3 is 17.0 Å². The Morgan fingerprint density at radius 3 is 1.80 bits per heavy atom.